The molecule has 3 heterocycles. The van der Waals surface area contributed by atoms with E-state index in [9.17, 15) is 4.79 Å². The fourth-order valence-corrected chi connectivity index (χ4v) is 6.17. The lowest BCUT2D eigenvalue weighted by molar-refractivity contribution is -0.117. The zero-order valence-corrected chi connectivity index (χ0v) is 21.3. The predicted molar refractivity (Wildman–Crippen MR) is 142 cm³/mol. The Morgan fingerprint density at radius 3 is 2.97 bits per heavy atom. The fraction of sp³-hybridized carbons (Fsp3) is 0.308. The molecule has 5 rings (SSSR count). The number of allylic oxidation sites excluding steroid dienone is 1. The summed E-state index contributed by atoms with van der Waals surface area (Å²) in [5, 5.41) is 21.4. The number of hydrogen-bond donors (Lipinski definition) is 3. The summed E-state index contributed by atoms with van der Waals surface area (Å²) in [5.41, 5.74) is 7.57. The summed E-state index contributed by atoms with van der Waals surface area (Å²) in [5.74, 6) is 0.227. The third-order valence-electron chi connectivity index (χ3n) is 6.00. The minimum Gasteiger partial charge on any atom is -0.347 e. The Morgan fingerprint density at radius 1 is 1.35 bits per heavy atom. The number of carbonyl (C=O) groups is 1. The number of aromatic nitrogens is 3. The topological polar surface area (TPSA) is 94.5 Å². The Bertz CT molecular complexity index is 1320. The van der Waals surface area contributed by atoms with Crippen LogP contribution in [0.5, 0.6) is 0 Å². The minimum absolute atomic E-state index is 0.103. The lowest BCUT2D eigenvalue weighted by Gasteiger charge is -2.10. The molecule has 1 aliphatic carbocycles. The van der Waals surface area contributed by atoms with E-state index in [4.69, 9.17) is 5.41 Å². The van der Waals surface area contributed by atoms with Crippen molar-refractivity contribution in [2.75, 3.05) is 0 Å². The van der Waals surface area contributed by atoms with Crippen molar-refractivity contribution in [3.63, 3.8) is 0 Å². The number of para-hydroxylation sites is 1. The molecular weight excluding hydrogens is 462 g/mol. The molecule has 0 saturated heterocycles. The average Bonchev–Trinajstić information content (AvgIpc) is 3.61. The number of thiazole rings is 1. The van der Waals surface area contributed by atoms with Crippen molar-refractivity contribution < 1.29 is 4.79 Å². The molecule has 0 radical (unpaired) electrons. The number of aromatic amines is 1. The van der Waals surface area contributed by atoms with Gasteiger partial charge in [-0.2, -0.15) is 5.10 Å². The SMILES string of the molecule is CC.CC1CCC(C(=O)NCc2cscn2)=C(C=N)c2sc(Cc3cccc4cn[nH]c34)cc21. The first-order valence-electron chi connectivity index (χ1n) is 11.6. The van der Waals surface area contributed by atoms with Crippen molar-refractivity contribution in [3.05, 3.63) is 73.5 Å². The van der Waals surface area contributed by atoms with E-state index in [-0.39, 0.29) is 5.91 Å². The van der Waals surface area contributed by atoms with E-state index in [0.717, 1.165) is 39.9 Å². The third kappa shape index (κ3) is 4.88. The molecule has 1 atom stereocenters. The van der Waals surface area contributed by atoms with Gasteiger partial charge in [0, 0.05) is 44.3 Å². The second-order valence-electron chi connectivity index (χ2n) is 8.06. The number of nitrogens with zero attached hydrogens (tertiary/aromatic N) is 2. The minimum atomic E-state index is -0.103. The predicted octanol–water partition coefficient (Wildman–Crippen LogP) is 6.31. The van der Waals surface area contributed by atoms with Gasteiger partial charge in [-0.1, -0.05) is 39.0 Å². The number of H-pyrrole nitrogens is 1. The van der Waals surface area contributed by atoms with Gasteiger partial charge in [-0.25, -0.2) is 4.98 Å². The van der Waals surface area contributed by atoms with E-state index >= 15 is 0 Å². The lowest BCUT2D eigenvalue weighted by atomic mass is 9.97. The van der Waals surface area contributed by atoms with Crippen molar-refractivity contribution in [2.45, 2.75) is 52.5 Å². The smallest absolute Gasteiger partial charge is 0.248 e. The van der Waals surface area contributed by atoms with Gasteiger partial charge in [0.1, 0.15) is 0 Å². The molecule has 176 valence electrons. The van der Waals surface area contributed by atoms with Crippen molar-refractivity contribution >= 4 is 51.3 Å². The first-order valence-corrected chi connectivity index (χ1v) is 13.3. The molecule has 0 aliphatic heterocycles. The Balaban J connectivity index is 0.00000133. The van der Waals surface area contributed by atoms with Gasteiger partial charge >= 0.3 is 0 Å². The standard InChI is InChI=1S/C24H23N5OS2.C2H6/c1-14-5-6-19(24(30)26-11-17-12-31-13-27-17)21(9-25)23-20(14)8-18(32-23)7-15-3-2-4-16-10-28-29-22(15)16;1-2/h2-4,8-10,12-14,25H,5-7,11H2,1H3,(H,26,30)(H,28,29);1-2H3. The van der Waals surface area contributed by atoms with E-state index in [2.05, 4.69) is 51.7 Å². The van der Waals surface area contributed by atoms with Crippen LogP contribution >= 0.6 is 22.7 Å². The molecule has 1 aliphatic rings. The highest BCUT2D eigenvalue weighted by Crippen LogP contribution is 2.41. The van der Waals surface area contributed by atoms with Crippen LogP contribution in [0.3, 0.4) is 0 Å². The molecule has 8 heteroatoms. The monoisotopic (exact) mass is 491 g/mol. The van der Waals surface area contributed by atoms with Crippen molar-refractivity contribution in [1.29, 1.82) is 5.41 Å². The van der Waals surface area contributed by atoms with Gasteiger partial charge in [0.05, 0.1) is 29.5 Å². The van der Waals surface area contributed by atoms with Crippen LogP contribution in [0.2, 0.25) is 0 Å². The normalized spacial score (nSPS) is 15.3. The summed E-state index contributed by atoms with van der Waals surface area (Å²) < 4.78 is 0. The summed E-state index contributed by atoms with van der Waals surface area (Å²) in [6.07, 6.45) is 5.54. The van der Waals surface area contributed by atoms with Gasteiger partial charge in [-0.15, -0.1) is 22.7 Å². The number of carbonyl (C=O) groups excluding carboxylic acids is 1. The maximum atomic E-state index is 13.0. The maximum Gasteiger partial charge on any atom is 0.248 e. The zero-order valence-electron chi connectivity index (χ0n) is 19.6. The highest BCUT2D eigenvalue weighted by Gasteiger charge is 2.26. The first kappa shape index (κ1) is 24.0. The molecule has 1 unspecified atom stereocenters. The van der Waals surface area contributed by atoms with Gasteiger partial charge in [0.25, 0.3) is 0 Å². The van der Waals surface area contributed by atoms with Crippen LogP contribution in [-0.4, -0.2) is 27.3 Å². The maximum absolute atomic E-state index is 13.0. The molecule has 3 aromatic heterocycles. The number of nitrogens with one attached hydrogen (secondary N) is 3. The highest BCUT2D eigenvalue weighted by molar-refractivity contribution is 7.13. The second-order valence-corrected chi connectivity index (χ2v) is 9.92. The van der Waals surface area contributed by atoms with Crippen LogP contribution in [0.4, 0.5) is 0 Å². The van der Waals surface area contributed by atoms with E-state index in [1.807, 2.05) is 25.4 Å². The highest BCUT2D eigenvalue weighted by atomic mass is 32.1. The van der Waals surface area contributed by atoms with Crippen LogP contribution in [0.15, 0.2) is 46.9 Å². The van der Waals surface area contributed by atoms with E-state index < -0.39 is 0 Å². The molecule has 0 spiro atoms. The van der Waals surface area contributed by atoms with Gasteiger partial charge in [-0.05, 0) is 36.0 Å². The zero-order chi connectivity index (χ0) is 24.1. The molecule has 0 fully saturated rings. The summed E-state index contributed by atoms with van der Waals surface area (Å²) in [6.45, 7) is 6.62. The van der Waals surface area contributed by atoms with E-state index in [1.165, 1.54) is 33.6 Å². The summed E-state index contributed by atoms with van der Waals surface area (Å²) in [7, 11) is 0. The largest absolute Gasteiger partial charge is 0.347 e. The molecule has 34 heavy (non-hydrogen) atoms. The van der Waals surface area contributed by atoms with E-state index in [1.54, 1.807) is 16.8 Å². The number of hydrogen-bond acceptors (Lipinski definition) is 6. The van der Waals surface area contributed by atoms with Crippen LogP contribution in [0, 0.1) is 5.41 Å². The van der Waals surface area contributed by atoms with Gasteiger partial charge in [-0.3, -0.25) is 9.89 Å². The van der Waals surface area contributed by atoms with Crippen LogP contribution in [0.25, 0.3) is 16.5 Å². The average molecular weight is 492 g/mol. The van der Waals surface area contributed by atoms with Crippen molar-refractivity contribution in [1.82, 2.24) is 20.5 Å². The van der Waals surface area contributed by atoms with E-state index in [0.29, 0.717) is 24.5 Å². The summed E-state index contributed by atoms with van der Waals surface area (Å²) in [4.78, 5) is 19.6. The molecule has 1 aromatic carbocycles. The van der Waals surface area contributed by atoms with Crippen LogP contribution in [-0.2, 0) is 17.8 Å². The number of rotatable bonds is 6. The Hall–Kier alpha value is -3.10. The van der Waals surface area contributed by atoms with Gasteiger partial charge < -0.3 is 10.7 Å². The summed E-state index contributed by atoms with van der Waals surface area (Å²) in [6, 6.07) is 8.50. The second kappa shape index (κ2) is 10.9. The number of fused-ring (bicyclic) bond motifs is 2. The molecule has 6 nitrogen and oxygen atoms in total. The third-order valence-corrected chi connectivity index (χ3v) is 7.82. The number of thiophene rings is 1. The van der Waals surface area contributed by atoms with Gasteiger partial charge in [0.2, 0.25) is 5.91 Å². The molecule has 3 N–H and O–H groups in total. The molecule has 0 saturated carbocycles. The lowest BCUT2D eigenvalue weighted by Crippen LogP contribution is -2.25. The number of benzene rings is 1. The van der Waals surface area contributed by atoms with Crippen molar-refractivity contribution in [3.8, 4) is 0 Å². The first-order chi connectivity index (χ1) is 16.6. The van der Waals surface area contributed by atoms with Gasteiger partial charge in [0.15, 0.2) is 0 Å². The summed E-state index contributed by atoms with van der Waals surface area (Å²) >= 11 is 3.21. The number of amides is 1. The Kier molecular flexibility index (Phi) is 7.70. The quantitative estimate of drug-likeness (QED) is 0.276. The fourth-order valence-electron chi connectivity index (χ4n) is 4.27. The Morgan fingerprint density at radius 2 is 2.21 bits per heavy atom. The molecule has 1 amide bonds. The van der Waals surface area contributed by atoms with Crippen LogP contribution in [0.1, 0.15) is 66.1 Å². The van der Waals surface area contributed by atoms with Crippen LogP contribution < -0.4 is 5.32 Å². The van der Waals surface area contributed by atoms with Crippen molar-refractivity contribution in [2.24, 2.45) is 0 Å². The molecule has 4 aromatic rings. The Labute approximate surface area is 207 Å². The molecular formula is C26H29N5OS2. The molecule has 0 bridgehead atoms.